The number of nitrogens with one attached hydrogen (secondary N) is 1. The number of hydrogen-bond acceptors (Lipinski definition) is 3. The number of hydrogen-bond donors (Lipinski definition) is 1. The lowest BCUT2D eigenvalue weighted by molar-refractivity contribution is -0.139. The lowest BCUT2D eigenvalue weighted by Crippen LogP contribution is -2.50. The van der Waals surface area contributed by atoms with Gasteiger partial charge in [-0.05, 0) is 31.0 Å². The SMILES string of the molecule is C[C@H](NC(=O)CCc1ccc(F)cc1)C(=O)N1CCOCC1. The lowest BCUT2D eigenvalue weighted by atomic mass is 10.1. The monoisotopic (exact) mass is 308 g/mol. The summed E-state index contributed by atoms with van der Waals surface area (Å²) >= 11 is 0. The van der Waals surface area contributed by atoms with Gasteiger partial charge in [0.15, 0.2) is 0 Å². The second-order valence-electron chi connectivity index (χ2n) is 5.35. The molecule has 0 unspecified atom stereocenters. The summed E-state index contributed by atoms with van der Waals surface area (Å²) in [6.07, 6.45) is 0.789. The molecule has 120 valence electrons. The van der Waals surface area contributed by atoms with Crippen molar-refractivity contribution in [1.29, 1.82) is 0 Å². The van der Waals surface area contributed by atoms with Gasteiger partial charge in [0.2, 0.25) is 11.8 Å². The van der Waals surface area contributed by atoms with Crippen molar-refractivity contribution in [3.8, 4) is 0 Å². The third-order valence-electron chi connectivity index (χ3n) is 3.62. The summed E-state index contributed by atoms with van der Waals surface area (Å²) in [5.41, 5.74) is 0.892. The van der Waals surface area contributed by atoms with Crippen LogP contribution in [-0.2, 0) is 20.7 Å². The van der Waals surface area contributed by atoms with Crippen molar-refractivity contribution in [1.82, 2.24) is 10.2 Å². The van der Waals surface area contributed by atoms with Gasteiger partial charge in [-0.3, -0.25) is 9.59 Å². The van der Waals surface area contributed by atoms with E-state index in [-0.39, 0.29) is 24.1 Å². The lowest BCUT2D eigenvalue weighted by Gasteiger charge is -2.29. The quantitative estimate of drug-likeness (QED) is 0.887. The highest BCUT2D eigenvalue weighted by atomic mass is 19.1. The zero-order valence-electron chi connectivity index (χ0n) is 12.7. The summed E-state index contributed by atoms with van der Waals surface area (Å²) in [5.74, 6) is -0.560. The summed E-state index contributed by atoms with van der Waals surface area (Å²) in [7, 11) is 0. The van der Waals surface area contributed by atoms with E-state index in [1.54, 1.807) is 24.0 Å². The molecule has 1 aliphatic heterocycles. The zero-order valence-corrected chi connectivity index (χ0v) is 12.7. The maximum atomic E-state index is 12.8. The first-order chi connectivity index (χ1) is 10.6. The molecule has 2 amide bonds. The third kappa shape index (κ3) is 4.80. The molecule has 1 saturated heterocycles. The van der Waals surface area contributed by atoms with E-state index in [4.69, 9.17) is 4.74 Å². The minimum atomic E-state index is -0.543. The largest absolute Gasteiger partial charge is 0.378 e. The second-order valence-corrected chi connectivity index (χ2v) is 5.35. The Morgan fingerprint density at radius 3 is 2.55 bits per heavy atom. The van der Waals surface area contributed by atoms with E-state index in [9.17, 15) is 14.0 Å². The Morgan fingerprint density at radius 2 is 1.91 bits per heavy atom. The molecule has 1 aromatic carbocycles. The van der Waals surface area contributed by atoms with Gasteiger partial charge in [0.1, 0.15) is 11.9 Å². The molecule has 0 aromatic heterocycles. The van der Waals surface area contributed by atoms with Gasteiger partial charge in [-0.15, -0.1) is 0 Å². The summed E-state index contributed by atoms with van der Waals surface area (Å²) in [6.45, 7) is 3.89. The smallest absolute Gasteiger partial charge is 0.245 e. The maximum absolute atomic E-state index is 12.8. The fraction of sp³-hybridized carbons (Fsp3) is 0.500. The number of nitrogens with zero attached hydrogens (tertiary/aromatic N) is 1. The van der Waals surface area contributed by atoms with Crippen LogP contribution in [0.15, 0.2) is 24.3 Å². The van der Waals surface area contributed by atoms with Crippen molar-refractivity contribution in [2.45, 2.75) is 25.8 Å². The van der Waals surface area contributed by atoms with Crippen LogP contribution in [-0.4, -0.2) is 49.1 Å². The zero-order chi connectivity index (χ0) is 15.9. The summed E-state index contributed by atoms with van der Waals surface area (Å²) < 4.78 is 18.0. The number of benzene rings is 1. The molecule has 2 rings (SSSR count). The molecule has 1 heterocycles. The highest BCUT2D eigenvalue weighted by Gasteiger charge is 2.23. The molecular weight excluding hydrogens is 287 g/mol. The van der Waals surface area contributed by atoms with E-state index in [1.165, 1.54) is 12.1 Å². The number of aryl methyl sites for hydroxylation is 1. The van der Waals surface area contributed by atoms with Crippen LogP contribution >= 0.6 is 0 Å². The molecule has 0 radical (unpaired) electrons. The van der Waals surface area contributed by atoms with E-state index >= 15 is 0 Å². The van der Waals surface area contributed by atoms with E-state index in [0.717, 1.165) is 5.56 Å². The summed E-state index contributed by atoms with van der Waals surface area (Å²) in [4.78, 5) is 25.8. The van der Waals surface area contributed by atoms with Gasteiger partial charge in [0.05, 0.1) is 13.2 Å². The Balaban J connectivity index is 1.75. The molecular formula is C16H21FN2O3. The molecule has 0 bridgehead atoms. The molecule has 0 spiro atoms. The highest BCUT2D eigenvalue weighted by Crippen LogP contribution is 2.06. The van der Waals surface area contributed by atoms with Crippen LogP contribution in [0.3, 0.4) is 0 Å². The van der Waals surface area contributed by atoms with Crippen LogP contribution in [0.2, 0.25) is 0 Å². The number of ether oxygens (including phenoxy) is 1. The molecule has 1 aromatic rings. The molecule has 1 atom stereocenters. The Hall–Kier alpha value is -1.95. The Labute approximate surface area is 129 Å². The minimum Gasteiger partial charge on any atom is -0.378 e. The maximum Gasteiger partial charge on any atom is 0.245 e. The number of rotatable bonds is 5. The Morgan fingerprint density at radius 1 is 1.27 bits per heavy atom. The molecule has 0 saturated carbocycles. The molecule has 22 heavy (non-hydrogen) atoms. The first-order valence-corrected chi connectivity index (χ1v) is 7.46. The average Bonchev–Trinajstić information content (AvgIpc) is 2.54. The van der Waals surface area contributed by atoms with E-state index < -0.39 is 6.04 Å². The Kier molecular flexibility index (Phi) is 5.89. The highest BCUT2D eigenvalue weighted by molar-refractivity contribution is 5.87. The van der Waals surface area contributed by atoms with Crippen molar-refractivity contribution in [2.24, 2.45) is 0 Å². The van der Waals surface area contributed by atoms with Crippen molar-refractivity contribution < 1.29 is 18.7 Å². The predicted octanol–water partition coefficient (Wildman–Crippen LogP) is 1.12. The minimum absolute atomic E-state index is 0.0848. The van der Waals surface area contributed by atoms with Crippen molar-refractivity contribution in [3.63, 3.8) is 0 Å². The predicted molar refractivity (Wildman–Crippen MR) is 79.7 cm³/mol. The third-order valence-corrected chi connectivity index (χ3v) is 3.62. The van der Waals surface area contributed by atoms with Crippen LogP contribution < -0.4 is 5.32 Å². The van der Waals surface area contributed by atoms with Crippen LogP contribution in [0.25, 0.3) is 0 Å². The molecule has 6 heteroatoms. The topological polar surface area (TPSA) is 58.6 Å². The second kappa shape index (κ2) is 7.89. The molecule has 1 fully saturated rings. The first kappa shape index (κ1) is 16.4. The number of morpholine rings is 1. The van der Waals surface area contributed by atoms with Crippen LogP contribution in [0.4, 0.5) is 4.39 Å². The average molecular weight is 308 g/mol. The van der Waals surface area contributed by atoms with Crippen molar-refractivity contribution in [2.75, 3.05) is 26.3 Å². The van der Waals surface area contributed by atoms with Gasteiger partial charge in [0, 0.05) is 19.5 Å². The summed E-state index contributed by atoms with van der Waals surface area (Å²) in [6, 6.07) is 5.52. The van der Waals surface area contributed by atoms with Gasteiger partial charge in [0.25, 0.3) is 0 Å². The number of carbonyl (C=O) groups excluding carboxylic acids is 2. The fourth-order valence-electron chi connectivity index (χ4n) is 2.34. The standard InChI is InChI=1S/C16H21FN2O3/c1-12(16(21)19-8-10-22-11-9-19)18-15(20)7-4-13-2-5-14(17)6-3-13/h2-3,5-6,12H,4,7-11H2,1H3,(H,18,20)/t12-/m0/s1. The fourth-order valence-corrected chi connectivity index (χ4v) is 2.34. The summed E-state index contributed by atoms with van der Waals surface area (Å²) in [5, 5.41) is 2.71. The van der Waals surface area contributed by atoms with Gasteiger partial charge in [-0.25, -0.2) is 4.39 Å². The number of carbonyl (C=O) groups is 2. The van der Waals surface area contributed by atoms with Gasteiger partial charge in [-0.1, -0.05) is 12.1 Å². The van der Waals surface area contributed by atoms with Crippen LogP contribution in [0, 0.1) is 5.82 Å². The van der Waals surface area contributed by atoms with Gasteiger partial charge in [-0.2, -0.15) is 0 Å². The molecule has 1 N–H and O–H groups in total. The van der Waals surface area contributed by atoms with E-state index in [0.29, 0.717) is 32.7 Å². The normalized spacial score (nSPS) is 16.2. The van der Waals surface area contributed by atoms with Crippen LogP contribution in [0.1, 0.15) is 18.9 Å². The van der Waals surface area contributed by atoms with Gasteiger partial charge >= 0.3 is 0 Å². The number of halogens is 1. The molecule has 5 nitrogen and oxygen atoms in total. The number of amides is 2. The van der Waals surface area contributed by atoms with E-state index in [1.807, 2.05) is 0 Å². The Bertz CT molecular complexity index is 513. The van der Waals surface area contributed by atoms with Crippen molar-refractivity contribution in [3.05, 3.63) is 35.6 Å². The van der Waals surface area contributed by atoms with Gasteiger partial charge < -0.3 is 15.0 Å². The van der Waals surface area contributed by atoms with Crippen molar-refractivity contribution >= 4 is 11.8 Å². The molecule has 1 aliphatic rings. The molecule has 0 aliphatic carbocycles. The van der Waals surface area contributed by atoms with Crippen LogP contribution in [0.5, 0.6) is 0 Å². The first-order valence-electron chi connectivity index (χ1n) is 7.46. The van der Waals surface area contributed by atoms with E-state index in [2.05, 4.69) is 5.32 Å².